The molecule has 1 aromatic carbocycles. The predicted octanol–water partition coefficient (Wildman–Crippen LogP) is 3.79. The highest BCUT2D eigenvalue weighted by Crippen LogP contribution is 2.29. The van der Waals surface area contributed by atoms with Crippen molar-refractivity contribution in [3.63, 3.8) is 0 Å². The van der Waals surface area contributed by atoms with Crippen LogP contribution < -0.4 is 10.5 Å². The van der Waals surface area contributed by atoms with E-state index in [1.807, 2.05) is 11.4 Å². The van der Waals surface area contributed by atoms with Gasteiger partial charge in [0.25, 0.3) is 0 Å². The number of thiophene rings is 1. The van der Waals surface area contributed by atoms with Crippen LogP contribution in [-0.2, 0) is 6.42 Å². The van der Waals surface area contributed by atoms with Crippen LogP contribution in [0.1, 0.15) is 16.5 Å². The van der Waals surface area contributed by atoms with E-state index in [0.717, 1.165) is 16.2 Å². The summed E-state index contributed by atoms with van der Waals surface area (Å²) >= 11 is 7.52. The normalized spacial score (nSPS) is 12.4. The van der Waals surface area contributed by atoms with Crippen LogP contribution >= 0.6 is 22.9 Å². The number of methoxy groups -OCH3 is 1. The standard InChI is InChI=1S/C13H13ClFNOS/c1-17-10-6-13(18-7-10)12(16)4-8-2-3-9(15)5-11(8)14/h2-3,5-7,12H,4,16H2,1H3. The molecule has 0 saturated carbocycles. The van der Waals surface area contributed by atoms with Crippen LogP contribution in [0.3, 0.4) is 0 Å². The van der Waals surface area contributed by atoms with Crippen molar-refractivity contribution in [3.05, 3.63) is 50.9 Å². The van der Waals surface area contributed by atoms with Crippen molar-refractivity contribution in [3.8, 4) is 5.75 Å². The molecule has 1 heterocycles. The van der Waals surface area contributed by atoms with Crippen molar-refractivity contribution < 1.29 is 9.13 Å². The molecule has 0 aliphatic heterocycles. The summed E-state index contributed by atoms with van der Waals surface area (Å²) in [4.78, 5) is 1.02. The molecule has 5 heteroatoms. The third kappa shape index (κ3) is 3.02. The van der Waals surface area contributed by atoms with E-state index in [1.54, 1.807) is 24.5 Å². The number of hydrogen-bond acceptors (Lipinski definition) is 3. The molecule has 0 fully saturated rings. The Balaban J connectivity index is 2.13. The Hall–Kier alpha value is -1.10. The molecule has 0 saturated heterocycles. The molecule has 1 atom stereocenters. The van der Waals surface area contributed by atoms with Crippen LogP contribution in [0.4, 0.5) is 4.39 Å². The zero-order valence-corrected chi connectivity index (χ0v) is 11.4. The first-order chi connectivity index (χ1) is 8.60. The minimum absolute atomic E-state index is 0.165. The number of ether oxygens (including phenoxy) is 1. The lowest BCUT2D eigenvalue weighted by molar-refractivity contribution is 0.416. The Labute approximate surface area is 114 Å². The molecule has 0 amide bonds. The van der Waals surface area contributed by atoms with Crippen LogP contribution in [0.5, 0.6) is 5.75 Å². The van der Waals surface area contributed by atoms with E-state index in [4.69, 9.17) is 22.1 Å². The SMILES string of the molecule is COc1csc(C(N)Cc2ccc(F)cc2Cl)c1. The first-order valence-electron chi connectivity index (χ1n) is 5.42. The summed E-state index contributed by atoms with van der Waals surface area (Å²) in [6.07, 6.45) is 0.572. The molecule has 1 unspecified atom stereocenters. The Bertz CT molecular complexity index is 544. The summed E-state index contributed by atoms with van der Waals surface area (Å²) < 4.78 is 18.0. The third-order valence-corrected chi connectivity index (χ3v) is 4.05. The van der Waals surface area contributed by atoms with Gasteiger partial charge < -0.3 is 10.5 Å². The fourth-order valence-electron chi connectivity index (χ4n) is 1.66. The molecule has 2 nitrogen and oxygen atoms in total. The highest BCUT2D eigenvalue weighted by atomic mass is 35.5. The molecule has 0 spiro atoms. The maximum absolute atomic E-state index is 12.9. The van der Waals surface area contributed by atoms with Crippen molar-refractivity contribution in [1.29, 1.82) is 0 Å². The highest BCUT2D eigenvalue weighted by Gasteiger charge is 2.12. The third-order valence-electron chi connectivity index (χ3n) is 2.65. The molecular weight excluding hydrogens is 273 g/mol. The molecule has 0 aliphatic rings. The van der Waals surface area contributed by atoms with Crippen molar-refractivity contribution in [1.82, 2.24) is 0 Å². The van der Waals surface area contributed by atoms with Gasteiger partial charge in [0, 0.05) is 21.3 Å². The number of hydrogen-bond donors (Lipinski definition) is 1. The van der Waals surface area contributed by atoms with Gasteiger partial charge in [0.15, 0.2) is 0 Å². The molecule has 0 aliphatic carbocycles. The molecule has 0 radical (unpaired) electrons. The summed E-state index contributed by atoms with van der Waals surface area (Å²) in [6.45, 7) is 0. The zero-order valence-electron chi connectivity index (χ0n) is 9.82. The average Bonchev–Trinajstić information content (AvgIpc) is 2.81. The van der Waals surface area contributed by atoms with Crippen LogP contribution in [0.25, 0.3) is 0 Å². The maximum Gasteiger partial charge on any atom is 0.129 e. The molecule has 0 bridgehead atoms. The van der Waals surface area contributed by atoms with Crippen LogP contribution in [0, 0.1) is 5.82 Å². The van der Waals surface area contributed by atoms with E-state index in [2.05, 4.69) is 0 Å². The quantitative estimate of drug-likeness (QED) is 0.927. The molecule has 2 rings (SSSR count). The Morgan fingerprint density at radius 3 is 2.83 bits per heavy atom. The van der Waals surface area contributed by atoms with Gasteiger partial charge in [-0.3, -0.25) is 0 Å². The van der Waals surface area contributed by atoms with E-state index in [1.165, 1.54) is 12.1 Å². The topological polar surface area (TPSA) is 35.2 Å². The van der Waals surface area contributed by atoms with Crippen molar-refractivity contribution >= 4 is 22.9 Å². The van der Waals surface area contributed by atoms with Crippen LogP contribution in [-0.4, -0.2) is 7.11 Å². The molecule has 1 aromatic heterocycles. The Kier molecular flexibility index (Phi) is 4.22. The maximum atomic E-state index is 12.9. The lowest BCUT2D eigenvalue weighted by Gasteiger charge is -2.10. The summed E-state index contributed by atoms with van der Waals surface area (Å²) in [5.74, 6) is 0.464. The van der Waals surface area contributed by atoms with Crippen LogP contribution in [0.15, 0.2) is 29.6 Å². The predicted molar refractivity (Wildman–Crippen MR) is 72.9 cm³/mol. The van der Waals surface area contributed by atoms with Crippen molar-refractivity contribution in [2.24, 2.45) is 5.73 Å². The second-order valence-electron chi connectivity index (χ2n) is 3.94. The zero-order chi connectivity index (χ0) is 13.1. The number of halogens is 2. The largest absolute Gasteiger partial charge is 0.496 e. The Morgan fingerprint density at radius 2 is 2.22 bits per heavy atom. The summed E-state index contributed by atoms with van der Waals surface area (Å²) in [6, 6.07) is 6.11. The fourth-order valence-corrected chi connectivity index (χ4v) is 2.76. The highest BCUT2D eigenvalue weighted by molar-refractivity contribution is 7.10. The van der Waals surface area contributed by atoms with E-state index >= 15 is 0 Å². The van der Waals surface area contributed by atoms with E-state index in [9.17, 15) is 4.39 Å². The molecular formula is C13H13ClFNOS. The van der Waals surface area contributed by atoms with E-state index in [0.29, 0.717) is 11.4 Å². The van der Waals surface area contributed by atoms with Gasteiger partial charge in [-0.25, -0.2) is 4.39 Å². The summed E-state index contributed by atoms with van der Waals surface area (Å²) in [5.41, 5.74) is 6.95. The lowest BCUT2D eigenvalue weighted by atomic mass is 10.1. The first-order valence-corrected chi connectivity index (χ1v) is 6.68. The van der Waals surface area contributed by atoms with Gasteiger partial charge in [-0.15, -0.1) is 11.3 Å². The van der Waals surface area contributed by atoms with Gasteiger partial charge >= 0.3 is 0 Å². The first kappa shape index (κ1) is 13.3. The van der Waals surface area contributed by atoms with Crippen molar-refractivity contribution in [2.75, 3.05) is 7.11 Å². The molecule has 18 heavy (non-hydrogen) atoms. The second kappa shape index (κ2) is 5.69. The van der Waals surface area contributed by atoms with Gasteiger partial charge in [0.1, 0.15) is 11.6 Å². The minimum Gasteiger partial charge on any atom is -0.496 e. The second-order valence-corrected chi connectivity index (χ2v) is 5.29. The lowest BCUT2D eigenvalue weighted by Crippen LogP contribution is -2.12. The van der Waals surface area contributed by atoms with Crippen molar-refractivity contribution in [2.45, 2.75) is 12.5 Å². The monoisotopic (exact) mass is 285 g/mol. The summed E-state index contributed by atoms with van der Waals surface area (Å²) in [7, 11) is 1.62. The fraction of sp³-hybridized carbons (Fsp3) is 0.231. The molecule has 2 aromatic rings. The molecule has 96 valence electrons. The Morgan fingerprint density at radius 1 is 1.44 bits per heavy atom. The van der Waals surface area contributed by atoms with E-state index in [-0.39, 0.29) is 11.9 Å². The smallest absolute Gasteiger partial charge is 0.129 e. The molecule has 2 N–H and O–H groups in total. The van der Waals surface area contributed by atoms with Gasteiger partial charge in [-0.2, -0.15) is 0 Å². The van der Waals surface area contributed by atoms with Gasteiger partial charge in [0.05, 0.1) is 7.11 Å². The van der Waals surface area contributed by atoms with Gasteiger partial charge in [-0.05, 0) is 30.2 Å². The minimum atomic E-state index is -0.338. The summed E-state index contributed by atoms with van der Waals surface area (Å²) in [5, 5.41) is 2.32. The van der Waals surface area contributed by atoms with Gasteiger partial charge in [-0.1, -0.05) is 17.7 Å². The number of benzene rings is 1. The van der Waals surface area contributed by atoms with Gasteiger partial charge in [0.2, 0.25) is 0 Å². The average molecular weight is 286 g/mol. The number of nitrogens with two attached hydrogens (primary N) is 1. The number of rotatable bonds is 4. The van der Waals surface area contributed by atoms with E-state index < -0.39 is 0 Å². The van der Waals surface area contributed by atoms with Crippen LogP contribution in [0.2, 0.25) is 5.02 Å².